The fourth-order valence-electron chi connectivity index (χ4n) is 2.01. The summed E-state index contributed by atoms with van der Waals surface area (Å²) >= 11 is 3.42. The predicted octanol–water partition coefficient (Wildman–Crippen LogP) is 2.86. The number of aliphatic hydroxyl groups is 1. The fourth-order valence-corrected chi connectivity index (χ4v) is 2.40. The summed E-state index contributed by atoms with van der Waals surface area (Å²) in [6.45, 7) is 6.41. The van der Waals surface area contributed by atoms with Gasteiger partial charge in [0.25, 0.3) is 0 Å². The Balaban J connectivity index is 2.26. The average Bonchev–Trinajstić information content (AvgIpc) is 2.21. The first-order valence-corrected chi connectivity index (χ1v) is 7.08. The molecule has 1 heterocycles. The molecule has 1 aliphatic rings. The first-order chi connectivity index (χ1) is 8.35. The van der Waals surface area contributed by atoms with E-state index in [-0.39, 0.29) is 17.6 Å². The van der Waals surface area contributed by atoms with Crippen LogP contribution in [0.1, 0.15) is 45.9 Å². The van der Waals surface area contributed by atoms with E-state index in [0.29, 0.717) is 0 Å². The second kappa shape index (κ2) is 4.78. The SMILES string of the molecule is CC(C)(C)c1nc(Br)cc(NC2(CO)CCC2)n1. The van der Waals surface area contributed by atoms with E-state index in [0.717, 1.165) is 35.5 Å². The molecule has 100 valence electrons. The van der Waals surface area contributed by atoms with Crippen molar-refractivity contribution in [1.29, 1.82) is 0 Å². The van der Waals surface area contributed by atoms with Crippen LogP contribution in [-0.4, -0.2) is 27.2 Å². The quantitative estimate of drug-likeness (QED) is 0.842. The molecule has 0 radical (unpaired) electrons. The molecule has 5 heteroatoms. The van der Waals surface area contributed by atoms with Gasteiger partial charge in [-0.25, -0.2) is 9.97 Å². The molecule has 1 aliphatic carbocycles. The Labute approximate surface area is 116 Å². The summed E-state index contributed by atoms with van der Waals surface area (Å²) < 4.78 is 0.775. The van der Waals surface area contributed by atoms with Crippen LogP contribution < -0.4 is 5.32 Å². The van der Waals surface area contributed by atoms with E-state index < -0.39 is 0 Å². The fraction of sp³-hybridized carbons (Fsp3) is 0.692. The normalized spacial score (nSPS) is 18.3. The number of nitrogens with one attached hydrogen (secondary N) is 1. The first kappa shape index (κ1) is 13.7. The highest BCUT2D eigenvalue weighted by Gasteiger charge is 2.36. The van der Waals surface area contributed by atoms with Gasteiger partial charge >= 0.3 is 0 Å². The highest BCUT2D eigenvalue weighted by Crippen LogP contribution is 2.35. The molecule has 1 aromatic heterocycles. The molecule has 0 spiro atoms. The van der Waals surface area contributed by atoms with Gasteiger partial charge in [0, 0.05) is 11.5 Å². The molecule has 0 unspecified atom stereocenters. The van der Waals surface area contributed by atoms with Gasteiger partial charge in [0.15, 0.2) is 0 Å². The van der Waals surface area contributed by atoms with Crippen molar-refractivity contribution in [1.82, 2.24) is 9.97 Å². The molecule has 0 bridgehead atoms. The van der Waals surface area contributed by atoms with Crippen molar-refractivity contribution in [2.45, 2.75) is 51.0 Å². The number of halogens is 1. The molecule has 0 aliphatic heterocycles. The molecular weight excluding hydrogens is 294 g/mol. The number of aromatic nitrogens is 2. The Morgan fingerprint density at radius 2 is 2.06 bits per heavy atom. The van der Waals surface area contributed by atoms with Crippen LogP contribution in [0.4, 0.5) is 5.82 Å². The Hall–Kier alpha value is -0.680. The molecule has 18 heavy (non-hydrogen) atoms. The van der Waals surface area contributed by atoms with Gasteiger partial charge in [-0.3, -0.25) is 0 Å². The minimum Gasteiger partial charge on any atom is -0.394 e. The van der Waals surface area contributed by atoms with E-state index in [2.05, 4.69) is 52.0 Å². The van der Waals surface area contributed by atoms with Gasteiger partial charge in [-0.2, -0.15) is 0 Å². The monoisotopic (exact) mass is 313 g/mol. The zero-order valence-electron chi connectivity index (χ0n) is 11.1. The van der Waals surface area contributed by atoms with Crippen molar-refractivity contribution in [2.75, 3.05) is 11.9 Å². The number of anilines is 1. The molecular formula is C13H20BrN3O. The molecule has 0 saturated heterocycles. The molecule has 0 atom stereocenters. The Kier molecular flexibility index (Phi) is 3.65. The molecule has 0 aromatic carbocycles. The van der Waals surface area contributed by atoms with Crippen LogP contribution in [-0.2, 0) is 5.41 Å². The maximum Gasteiger partial charge on any atom is 0.137 e. The summed E-state index contributed by atoms with van der Waals surface area (Å²) in [5.74, 6) is 1.59. The standard InChI is InChI=1S/C13H20BrN3O/c1-12(2,3)11-15-9(14)7-10(16-11)17-13(8-18)5-4-6-13/h7,18H,4-6,8H2,1-3H3,(H,15,16,17). The van der Waals surface area contributed by atoms with Gasteiger partial charge in [-0.1, -0.05) is 20.8 Å². The average molecular weight is 314 g/mol. The Bertz CT molecular complexity index is 433. The third-order valence-corrected chi connectivity index (χ3v) is 3.78. The van der Waals surface area contributed by atoms with Crippen molar-refractivity contribution in [3.63, 3.8) is 0 Å². The summed E-state index contributed by atoms with van der Waals surface area (Å²) in [5.41, 5.74) is -0.269. The molecule has 0 amide bonds. The summed E-state index contributed by atoms with van der Waals surface area (Å²) in [4.78, 5) is 8.96. The van der Waals surface area contributed by atoms with Gasteiger partial charge in [0.05, 0.1) is 12.1 Å². The summed E-state index contributed by atoms with van der Waals surface area (Å²) in [5, 5.41) is 12.8. The lowest BCUT2D eigenvalue weighted by Crippen LogP contribution is -2.48. The van der Waals surface area contributed by atoms with E-state index in [1.54, 1.807) is 0 Å². The van der Waals surface area contributed by atoms with Crippen molar-refractivity contribution in [3.05, 3.63) is 16.5 Å². The second-order valence-corrected chi connectivity index (χ2v) is 6.88. The molecule has 2 N–H and O–H groups in total. The Morgan fingerprint density at radius 1 is 1.39 bits per heavy atom. The van der Waals surface area contributed by atoms with Gasteiger partial charge < -0.3 is 10.4 Å². The lowest BCUT2D eigenvalue weighted by atomic mass is 9.77. The van der Waals surface area contributed by atoms with Crippen LogP contribution >= 0.6 is 15.9 Å². The lowest BCUT2D eigenvalue weighted by molar-refractivity contribution is 0.143. The molecule has 2 rings (SSSR count). The van der Waals surface area contributed by atoms with E-state index >= 15 is 0 Å². The van der Waals surface area contributed by atoms with Gasteiger partial charge in [0.2, 0.25) is 0 Å². The van der Waals surface area contributed by atoms with Crippen molar-refractivity contribution in [2.24, 2.45) is 0 Å². The van der Waals surface area contributed by atoms with Gasteiger partial charge in [0.1, 0.15) is 16.2 Å². The van der Waals surface area contributed by atoms with Crippen molar-refractivity contribution < 1.29 is 5.11 Å². The maximum atomic E-state index is 9.48. The first-order valence-electron chi connectivity index (χ1n) is 6.29. The smallest absolute Gasteiger partial charge is 0.137 e. The lowest BCUT2D eigenvalue weighted by Gasteiger charge is -2.41. The van der Waals surface area contributed by atoms with Crippen LogP contribution in [0.2, 0.25) is 0 Å². The highest BCUT2D eigenvalue weighted by atomic mass is 79.9. The zero-order chi connectivity index (χ0) is 13.4. The van der Waals surface area contributed by atoms with Crippen molar-refractivity contribution >= 4 is 21.7 Å². The van der Waals surface area contributed by atoms with Crippen LogP contribution in [0.3, 0.4) is 0 Å². The Morgan fingerprint density at radius 3 is 2.50 bits per heavy atom. The summed E-state index contributed by atoms with van der Waals surface area (Å²) in [6, 6.07) is 1.87. The predicted molar refractivity (Wildman–Crippen MR) is 75.7 cm³/mol. The van der Waals surface area contributed by atoms with Crippen molar-refractivity contribution in [3.8, 4) is 0 Å². The minimum absolute atomic E-state index is 0.0911. The van der Waals surface area contributed by atoms with Gasteiger partial charge in [-0.15, -0.1) is 0 Å². The van der Waals surface area contributed by atoms with E-state index in [1.807, 2.05) is 6.07 Å². The summed E-state index contributed by atoms with van der Waals surface area (Å²) in [6.07, 6.45) is 3.15. The maximum absolute atomic E-state index is 9.48. The third kappa shape index (κ3) is 2.83. The number of hydrogen-bond donors (Lipinski definition) is 2. The minimum atomic E-state index is -0.178. The molecule has 1 saturated carbocycles. The molecule has 1 fully saturated rings. The van der Waals surface area contributed by atoms with E-state index in [1.165, 1.54) is 0 Å². The number of hydrogen-bond acceptors (Lipinski definition) is 4. The van der Waals surface area contributed by atoms with Crippen LogP contribution in [0.25, 0.3) is 0 Å². The number of nitrogens with zero attached hydrogens (tertiary/aromatic N) is 2. The highest BCUT2D eigenvalue weighted by molar-refractivity contribution is 9.10. The van der Waals surface area contributed by atoms with Crippen LogP contribution in [0.15, 0.2) is 10.7 Å². The number of rotatable bonds is 3. The van der Waals surface area contributed by atoms with Crippen LogP contribution in [0, 0.1) is 0 Å². The molecule has 1 aromatic rings. The van der Waals surface area contributed by atoms with Crippen LogP contribution in [0.5, 0.6) is 0 Å². The molecule has 4 nitrogen and oxygen atoms in total. The zero-order valence-corrected chi connectivity index (χ0v) is 12.7. The van der Waals surface area contributed by atoms with E-state index in [4.69, 9.17) is 0 Å². The largest absolute Gasteiger partial charge is 0.394 e. The topological polar surface area (TPSA) is 58.0 Å². The second-order valence-electron chi connectivity index (χ2n) is 6.07. The summed E-state index contributed by atoms with van der Waals surface area (Å²) in [7, 11) is 0. The number of aliphatic hydroxyl groups excluding tert-OH is 1. The van der Waals surface area contributed by atoms with E-state index in [9.17, 15) is 5.11 Å². The third-order valence-electron chi connectivity index (χ3n) is 3.37. The van der Waals surface area contributed by atoms with Gasteiger partial charge in [-0.05, 0) is 35.2 Å².